The van der Waals surface area contributed by atoms with Crippen molar-refractivity contribution >= 4 is 5.82 Å². The van der Waals surface area contributed by atoms with E-state index >= 15 is 0 Å². The van der Waals surface area contributed by atoms with E-state index in [9.17, 15) is 5.11 Å². The van der Waals surface area contributed by atoms with Crippen LogP contribution in [0.5, 0.6) is 5.75 Å². The van der Waals surface area contributed by atoms with Crippen molar-refractivity contribution in [2.24, 2.45) is 0 Å². The molecule has 1 saturated heterocycles. The number of phenols is 1. The predicted molar refractivity (Wildman–Crippen MR) is 77.1 cm³/mol. The molecular formula is C15H18N4O. The van der Waals surface area contributed by atoms with E-state index in [2.05, 4.69) is 14.9 Å². The number of hydrogen-bond donors (Lipinski definition) is 2. The van der Waals surface area contributed by atoms with Crippen LogP contribution < -0.4 is 5.73 Å². The van der Waals surface area contributed by atoms with Crippen molar-refractivity contribution in [3.05, 3.63) is 47.4 Å². The highest BCUT2D eigenvalue weighted by atomic mass is 16.3. The molecule has 0 aliphatic carbocycles. The number of likely N-dealkylation sites (tertiary alicyclic amines) is 1. The first kappa shape index (κ1) is 12.9. The van der Waals surface area contributed by atoms with Crippen LogP contribution in [0.25, 0.3) is 0 Å². The highest BCUT2D eigenvalue weighted by molar-refractivity contribution is 5.32. The van der Waals surface area contributed by atoms with Crippen LogP contribution in [-0.2, 0) is 6.54 Å². The van der Waals surface area contributed by atoms with Gasteiger partial charge in [-0.3, -0.25) is 4.90 Å². The molecule has 1 aromatic heterocycles. The summed E-state index contributed by atoms with van der Waals surface area (Å²) in [5.41, 5.74) is 7.98. The van der Waals surface area contributed by atoms with Gasteiger partial charge in [0, 0.05) is 19.2 Å². The number of aryl methyl sites for hydroxylation is 1. The number of phenolic OH excluding ortho intramolecular Hbond substituents is 1. The topological polar surface area (TPSA) is 75.3 Å². The van der Waals surface area contributed by atoms with Crippen molar-refractivity contribution in [3.63, 3.8) is 0 Å². The summed E-state index contributed by atoms with van der Waals surface area (Å²) in [6, 6.07) is 9.51. The Bertz CT molecular complexity index is 592. The number of nitrogens with zero attached hydrogens (tertiary/aromatic N) is 3. The van der Waals surface area contributed by atoms with Gasteiger partial charge in [0.15, 0.2) is 0 Å². The lowest BCUT2D eigenvalue weighted by Gasteiger charge is -2.40. The first-order valence-electron chi connectivity index (χ1n) is 6.75. The van der Waals surface area contributed by atoms with Gasteiger partial charge in [0.05, 0.1) is 11.7 Å². The molecule has 1 aliphatic rings. The maximum absolute atomic E-state index is 9.31. The lowest BCUT2D eigenvalue weighted by atomic mass is 9.98. The molecular weight excluding hydrogens is 252 g/mol. The predicted octanol–water partition coefficient (Wildman–Crippen LogP) is 2.02. The molecule has 1 aromatic carbocycles. The second-order valence-corrected chi connectivity index (χ2v) is 5.21. The van der Waals surface area contributed by atoms with Crippen LogP contribution in [0.1, 0.15) is 29.5 Å². The summed E-state index contributed by atoms with van der Waals surface area (Å²) in [7, 11) is 0. The van der Waals surface area contributed by atoms with E-state index in [4.69, 9.17) is 5.73 Å². The normalized spacial score (nSPS) is 18.8. The van der Waals surface area contributed by atoms with Gasteiger partial charge in [-0.1, -0.05) is 12.1 Å². The van der Waals surface area contributed by atoms with Crippen LogP contribution in [0, 0.1) is 6.92 Å². The van der Waals surface area contributed by atoms with Crippen LogP contribution in [0.3, 0.4) is 0 Å². The van der Waals surface area contributed by atoms with Crippen molar-refractivity contribution in [2.75, 3.05) is 12.3 Å². The van der Waals surface area contributed by atoms with Crippen molar-refractivity contribution in [1.29, 1.82) is 0 Å². The van der Waals surface area contributed by atoms with Crippen molar-refractivity contribution < 1.29 is 5.11 Å². The van der Waals surface area contributed by atoms with E-state index in [0.717, 1.165) is 31.0 Å². The molecule has 2 aromatic rings. The van der Waals surface area contributed by atoms with Gasteiger partial charge in [0.1, 0.15) is 17.4 Å². The number of aromatic hydroxyl groups is 1. The Balaban J connectivity index is 1.74. The third-order valence-electron chi connectivity index (χ3n) is 3.67. The van der Waals surface area contributed by atoms with E-state index in [1.807, 2.05) is 25.1 Å². The first-order valence-corrected chi connectivity index (χ1v) is 6.75. The Morgan fingerprint density at radius 1 is 1.30 bits per heavy atom. The first-order chi connectivity index (χ1) is 9.61. The molecule has 20 heavy (non-hydrogen) atoms. The second kappa shape index (κ2) is 5.09. The zero-order chi connectivity index (χ0) is 14.1. The van der Waals surface area contributed by atoms with Gasteiger partial charge in [-0.05, 0) is 31.0 Å². The van der Waals surface area contributed by atoms with Gasteiger partial charge >= 0.3 is 0 Å². The van der Waals surface area contributed by atoms with Gasteiger partial charge in [0.25, 0.3) is 0 Å². The van der Waals surface area contributed by atoms with Crippen molar-refractivity contribution in [3.8, 4) is 5.75 Å². The summed E-state index contributed by atoms with van der Waals surface area (Å²) < 4.78 is 0. The van der Waals surface area contributed by atoms with Gasteiger partial charge in [0.2, 0.25) is 0 Å². The lowest BCUT2D eigenvalue weighted by molar-refractivity contribution is 0.0785. The molecule has 1 aliphatic heterocycles. The standard InChI is InChI=1S/C15H18N4O/c1-10-17-13(8-15(16)18-10)14-6-7-19(14)9-11-2-4-12(20)5-3-11/h2-5,8,14,20H,6-7,9H2,1H3,(H2,16,17,18)/t14-/m0/s1. The minimum Gasteiger partial charge on any atom is -0.508 e. The number of benzene rings is 1. The molecule has 5 nitrogen and oxygen atoms in total. The number of nitrogens with two attached hydrogens (primary N) is 1. The third-order valence-corrected chi connectivity index (χ3v) is 3.67. The van der Waals surface area contributed by atoms with Crippen molar-refractivity contribution in [1.82, 2.24) is 14.9 Å². The largest absolute Gasteiger partial charge is 0.508 e. The highest BCUT2D eigenvalue weighted by Gasteiger charge is 2.30. The number of aromatic nitrogens is 2. The molecule has 2 heterocycles. The molecule has 0 bridgehead atoms. The second-order valence-electron chi connectivity index (χ2n) is 5.21. The maximum Gasteiger partial charge on any atom is 0.127 e. The smallest absolute Gasteiger partial charge is 0.127 e. The minimum atomic E-state index is 0.299. The van der Waals surface area contributed by atoms with E-state index in [0.29, 0.717) is 17.6 Å². The SMILES string of the molecule is Cc1nc(N)cc([C@@H]2CCN2Cc2ccc(O)cc2)n1. The monoisotopic (exact) mass is 270 g/mol. The molecule has 3 rings (SSSR count). The Kier molecular flexibility index (Phi) is 3.28. The fourth-order valence-electron chi connectivity index (χ4n) is 2.59. The Morgan fingerprint density at radius 3 is 2.65 bits per heavy atom. The zero-order valence-electron chi connectivity index (χ0n) is 11.5. The van der Waals surface area contributed by atoms with Gasteiger partial charge in [-0.25, -0.2) is 9.97 Å². The average Bonchev–Trinajstić information content (AvgIpc) is 2.35. The van der Waals surface area contributed by atoms with Crippen LogP contribution >= 0.6 is 0 Å². The molecule has 1 fully saturated rings. The fourth-order valence-corrected chi connectivity index (χ4v) is 2.59. The minimum absolute atomic E-state index is 0.299. The number of nitrogen functional groups attached to an aromatic ring is 1. The summed E-state index contributed by atoms with van der Waals surface area (Å²) in [5, 5.41) is 9.31. The van der Waals surface area contributed by atoms with Crippen LogP contribution in [0.15, 0.2) is 30.3 Å². The summed E-state index contributed by atoms with van der Waals surface area (Å²) in [6.07, 6.45) is 1.09. The molecule has 3 N–H and O–H groups in total. The van der Waals surface area contributed by atoms with Crippen LogP contribution in [-0.4, -0.2) is 26.5 Å². The summed E-state index contributed by atoms with van der Waals surface area (Å²) in [4.78, 5) is 11.0. The van der Waals surface area contributed by atoms with E-state index in [-0.39, 0.29) is 0 Å². The number of hydrogen-bond acceptors (Lipinski definition) is 5. The number of rotatable bonds is 3. The van der Waals surface area contributed by atoms with E-state index in [1.165, 1.54) is 5.56 Å². The molecule has 0 saturated carbocycles. The van der Waals surface area contributed by atoms with Gasteiger partial charge in [-0.15, -0.1) is 0 Å². The summed E-state index contributed by atoms with van der Waals surface area (Å²) in [6.45, 7) is 3.77. The lowest BCUT2D eigenvalue weighted by Crippen LogP contribution is -2.40. The van der Waals surface area contributed by atoms with E-state index < -0.39 is 0 Å². The maximum atomic E-state index is 9.31. The zero-order valence-corrected chi connectivity index (χ0v) is 11.5. The molecule has 1 atom stereocenters. The molecule has 0 unspecified atom stereocenters. The molecule has 0 spiro atoms. The Morgan fingerprint density at radius 2 is 2.05 bits per heavy atom. The molecule has 0 amide bonds. The fraction of sp³-hybridized carbons (Fsp3) is 0.333. The van der Waals surface area contributed by atoms with Gasteiger partial charge in [-0.2, -0.15) is 0 Å². The quantitative estimate of drug-likeness (QED) is 0.892. The average molecular weight is 270 g/mol. The van der Waals surface area contributed by atoms with Crippen LogP contribution in [0.2, 0.25) is 0 Å². The number of anilines is 1. The summed E-state index contributed by atoms with van der Waals surface area (Å²) in [5.74, 6) is 1.55. The highest BCUT2D eigenvalue weighted by Crippen LogP contribution is 2.34. The molecule has 5 heteroatoms. The van der Waals surface area contributed by atoms with Crippen molar-refractivity contribution in [2.45, 2.75) is 25.9 Å². The summed E-state index contributed by atoms with van der Waals surface area (Å²) >= 11 is 0. The Labute approximate surface area is 118 Å². The van der Waals surface area contributed by atoms with E-state index in [1.54, 1.807) is 12.1 Å². The third kappa shape index (κ3) is 2.58. The van der Waals surface area contributed by atoms with Gasteiger partial charge < -0.3 is 10.8 Å². The molecule has 0 radical (unpaired) electrons. The van der Waals surface area contributed by atoms with Crippen LogP contribution in [0.4, 0.5) is 5.82 Å². The molecule has 104 valence electrons. The Hall–Kier alpha value is -2.14.